The molecule has 3 heterocycles. The number of halogens is 4. The molecule has 0 radical (unpaired) electrons. The highest BCUT2D eigenvalue weighted by molar-refractivity contribution is 7.89. The van der Waals surface area contributed by atoms with Crippen molar-refractivity contribution in [3.63, 3.8) is 0 Å². The molecule has 14 nitrogen and oxygen atoms in total. The Hall–Kier alpha value is -5.57. The van der Waals surface area contributed by atoms with Crippen LogP contribution in [-0.2, 0) is 20.9 Å². The maximum absolute atomic E-state index is 15.3. The fourth-order valence-corrected chi connectivity index (χ4v) is 8.52. The van der Waals surface area contributed by atoms with E-state index in [9.17, 15) is 27.7 Å². The Morgan fingerprint density at radius 3 is 2.59 bits per heavy atom. The van der Waals surface area contributed by atoms with Gasteiger partial charge in [-0.1, -0.05) is 6.07 Å². The minimum Gasteiger partial charge on any atom is -0.457 e. The molecule has 294 valence electrons. The number of nitro groups is 1. The number of nitrogens with zero attached hydrogens (tertiary/aromatic N) is 6. The lowest BCUT2D eigenvalue weighted by Crippen LogP contribution is -2.44. The maximum Gasteiger partial charge on any atom is 0.422 e. The Bertz CT molecular complexity index is 2300. The maximum atomic E-state index is 15.3. The van der Waals surface area contributed by atoms with Crippen molar-refractivity contribution in [2.75, 3.05) is 50.1 Å². The number of alkyl halides is 3. The van der Waals surface area contributed by atoms with Gasteiger partial charge in [-0.2, -0.15) is 27.7 Å². The summed E-state index contributed by atoms with van der Waals surface area (Å²) in [6.07, 6.45) is -1.38. The number of hydrogen-bond acceptors (Lipinski definition) is 12. The van der Waals surface area contributed by atoms with Gasteiger partial charge >= 0.3 is 6.18 Å². The molecule has 0 aliphatic carbocycles. The summed E-state index contributed by atoms with van der Waals surface area (Å²) < 4.78 is 99.5. The first-order chi connectivity index (χ1) is 26.7. The molecule has 5 aromatic rings. The Kier molecular flexibility index (Phi) is 12.2. The molecule has 0 spiro atoms. The van der Waals surface area contributed by atoms with E-state index in [4.69, 9.17) is 9.47 Å². The second kappa shape index (κ2) is 17.1. The summed E-state index contributed by atoms with van der Waals surface area (Å²) in [6, 6.07) is 12.9. The molecule has 2 aromatic heterocycles. The molecule has 1 N–H and O–H groups in total. The molecule has 6 rings (SSSR count). The minimum atomic E-state index is -5.06. The summed E-state index contributed by atoms with van der Waals surface area (Å²) in [6.45, 7) is -0.233. The van der Waals surface area contributed by atoms with Gasteiger partial charge in [-0.15, -0.1) is 11.3 Å². The Labute approximate surface area is 321 Å². The number of thiazole rings is 1. The van der Waals surface area contributed by atoms with Crippen LogP contribution >= 0.6 is 11.3 Å². The third-order valence-electron chi connectivity index (χ3n) is 8.79. The SMILES string of the molecule is COCCN(C[C@@H]1CCCN(c2c(NC(=O)c3csc(-c4ccnnc4)n3)ccc(Oc3cccc(F)c3)c2C(F)(F)F)C1)S(=O)(=O)c1ccc([N+](=O)[O-])cc1. The van der Waals surface area contributed by atoms with Crippen molar-refractivity contribution in [1.82, 2.24) is 19.5 Å². The molecule has 1 atom stereocenters. The molecule has 56 heavy (non-hydrogen) atoms. The summed E-state index contributed by atoms with van der Waals surface area (Å²) >= 11 is 1.13. The summed E-state index contributed by atoms with van der Waals surface area (Å²) in [5.41, 5.74) is -1.68. The molecule has 20 heteroatoms. The number of ether oxygens (including phenoxy) is 2. The number of rotatable bonds is 14. The van der Waals surface area contributed by atoms with Gasteiger partial charge in [0, 0.05) is 62.4 Å². The number of sulfonamides is 1. The van der Waals surface area contributed by atoms with E-state index < -0.39 is 55.8 Å². The first-order valence-electron chi connectivity index (χ1n) is 16.9. The fraction of sp³-hybridized carbons (Fsp3) is 0.278. The van der Waals surface area contributed by atoms with Crippen LogP contribution in [0.1, 0.15) is 28.9 Å². The molecular weight excluding hydrogens is 783 g/mol. The summed E-state index contributed by atoms with van der Waals surface area (Å²) in [4.78, 5) is 29.7. The lowest BCUT2D eigenvalue weighted by molar-refractivity contribution is -0.384. The number of methoxy groups -OCH3 is 1. The highest BCUT2D eigenvalue weighted by Crippen LogP contribution is 2.49. The van der Waals surface area contributed by atoms with E-state index in [0.29, 0.717) is 23.4 Å². The lowest BCUT2D eigenvalue weighted by atomic mass is 9.96. The van der Waals surface area contributed by atoms with Crippen molar-refractivity contribution in [3.05, 3.63) is 112 Å². The largest absolute Gasteiger partial charge is 0.457 e. The number of nitro benzene ring substituents is 1. The average molecular weight is 816 g/mol. The van der Waals surface area contributed by atoms with E-state index in [2.05, 4.69) is 20.5 Å². The zero-order valence-electron chi connectivity index (χ0n) is 29.5. The second-order valence-corrected chi connectivity index (χ2v) is 15.4. The van der Waals surface area contributed by atoms with E-state index in [1.165, 1.54) is 48.0 Å². The summed E-state index contributed by atoms with van der Waals surface area (Å²) in [5.74, 6) is -2.90. The van der Waals surface area contributed by atoms with Crippen LogP contribution in [-0.4, -0.2) is 78.6 Å². The lowest BCUT2D eigenvalue weighted by Gasteiger charge is -2.38. The fourth-order valence-electron chi connectivity index (χ4n) is 6.23. The second-order valence-electron chi connectivity index (χ2n) is 12.6. The highest BCUT2D eigenvalue weighted by atomic mass is 32.2. The first-order valence-corrected chi connectivity index (χ1v) is 19.3. The topological polar surface area (TPSA) is 170 Å². The van der Waals surface area contributed by atoms with Gasteiger partial charge in [0.1, 0.15) is 33.6 Å². The molecule has 0 unspecified atom stereocenters. The predicted octanol–water partition coefficient (Wildman–Crippen LogP) is 7.26. The third kappa shape index (κ3) is 9.27. The number of carbonyl (C=O) groups is 1. The van der Waals surface area contributed by atoms with Gasteiger partial charge in [0.2, 0.25) is 10.0 Å². The molecule has 1 aliphatic heterocycles. The smallest absolute Gasteiger partial charge is 0.422 e. The quantitative estimate of drug-likeness (QED) is 0.0680. The molecule has 1 fully saturated rings. The summed E-state index contributed by atoms with van der Waals surface area (Å²) in [7, 11) is -2.85. The van der Waals surface area contributed by atoms with Crippen molar-refractivity contribution in [2.45, 2.75) is 23.9 Å². The average Bonchev–Trinajstić information content (AvgIpc) is 3.68. The number of hydrogen-bond donors (Lipinski definition) is 1. The van der Waals surface area contributed by atoms with Crippen molar-refractivity contribution in [3.8, 4) is 22.1 Å². The van der Waals surface area contributed by atoms with Gasteiger partial charge in [0.05, 0.1) is 40.2 Å². The van der Waals surface area contributed by atoms with Crippen LogP contribution in [0.3, 0.4) is 0 Å². The number of benzene rings is 3. The van der Waals surface area contributed by atoms with Gasteiger partial charge < -0.3 is 19.7 Å². The number of carbonyl (C=O) groups excluding carboxylic acids is 1. The molecule has 1 aliphatic rings. The van der Waals surface area contributed by atoms with Crippen molar-refractivity contribution >= 4 is 44.3 Å². The van der Waals surface area contributed by atoms with Gasteiger partial charge in [0.15, 0.2) is 0 Å². The standard InChI is InChI=1S/C36H33F4N7O7S2/c1-53-17-16-46(56(51,52)28-9-7-26(8-10-28)47(49)50)21-23-4-3-15-45(20-23)33-29(43-34(48)30-22-55-35(44-30)24-13-14-41-42-19-24)11-12-31(32(33)36(38,39)40)54-27-6-2-5-25(37)18-27/h2,5-14,18-19,22-23H,3-4,15-17,20-21H2,1H3,(H,43,48)/t23-/m1/s1. The van der Waals surface area contributed by atoms with Crippen LogP contribution in [0.25, 0.3) is 10.6 Å². The van der Waals surface area contributed by atoms with E-state index in [-0.39, 0.29) is 60.5 Å². The van der Waals surface area contributed by atoms with E-state index in [0.717, 1.165) is 58.1 Å². The van der Waals surface area contributed by atoms with Crippen LogP contribution in [0.15, 0.2) is 89.4 Å². The molecule has 1 amide bonds. The number of non-ortho nitro benzene ring substituents is 1. The highest BCUT2D eigenvalue weighted by Gasteiger charge is 2.42. The van der Waals surface area contributed by atoms with Crippen molar-refractivity contribution in [2.24, 2.45) is 5.92 Å². The van der Waals surface area contributed by atoms with Crippen molar-refractivity contribution in [1.29, 1.82) is 0 Å². The molecular formula is C36H33F4N7O7S2. The zero-order valence-corrected chi connectivity index (χ0v) is 31.1. The van der Waals surface area contributed by atoms with Crippen molar-refractivity contribution < 1.29 is 45.2 Å². The Balaban J connectivity index is 1.36. The molecule has 0 bridgehead atoms. The number of anilines is 2. The van der Waals surface area contributed by atoms with Crippen LogP contribution in [0.4, 0.5) is 34.6 Å². The molecule has 1 saturated heterocycles. The van der Waals surface area contributed by atoms with Crippen LogP contribution in [0.2, 0.25) is 0 Å². The van der Waals surface area contributed by atoms with E-state index in [1.54, 1.807) is 6.07 Å². The predicted molar refractivity (Wildman–Crippen MR) is 198 cm³/mol. The van der Waals surface area contributed by atoms with Crippen LogP contribution in [0.5, 0.6) is 11.5 Å². The van der Waals surface area contributed by atoms with Gasteiger partial charge in [-0.3, -0.25) is 14.9 Å². The monoisotopic (exact) mass is 815 g/mol. The van der Waals surface area contributed by atoms with Crippen LogP contribution in [0, 0.1) is 21.8 Å². The van der Waals surface area contributed by atoms with Gasteiger partial charge in [-0.25, -0.2) is 17.8 Å². The molecule has 0 saturated carbocycles. The minimum absolute atomic E-state index is 0.00742. The van der Waals surface area contributed by atoms with E-state index in [1.807, 2.05) is 0 Å². The Morgan fingerprint density at radius 1 is 1.12 bits per heavy atom. The number of nitrogens with one attached hydrogen (secondary N) is 1. The number of piperidine rings is 1. The normalized spacial score (nSPS) is 14.8. The van der Waals surface area contributed by atoms with Gasteiger partial charge in [0.25, 0.3) is 11.6 Å². The van der Waals surface area contributed by atoms with E-state index >= 15 is 13.2 Å². The Morgan fingerprint density at radius 2 is 1.91 bits per heavy atom. The first kappa shape index (κ1) is 40.1. The number of aromatic nitrogens is 3. The summed E-state index contributed by atoms with van der Waals surface area (Å²) in [5, 5.41) is 23.2. The van der Waals surface area contributed by atoms with Crippen LogP contribution < -0.4 is 15.0 Å². The molecule has 3 aromatic carbocycles. The van der Waals surface area contributed by atoms with Gasteiger partial charge in [-0.05, 0) is 61.2 Å². The zero-order chi connectivity index (χ0) is 40.0. The number of amides is 1. The third-order valence-corrected chi connectivity index (χ3v) is 11.6.